The monoisotopic (exact) mass is 423 g/mol. The molecule has 18 heavy (non-hydrogen) atoms. The molecule has 0 bridgehead atoms. The molecule has 0 unspecified atom stereocenters. The molecule has 0 saturated carbocycles. The van der Waals surface area contributed by atoms with E-state index in [1.54, 1.807) is 19.3 Å². The molecule has 0 radical (unpaired) electrons. The van der Waals surface area contributed by atoms with Gasteiger partial charge in [0.2, 0.25) is 0 Å². The first-order valence-electron chi connectivity index (χ1n) is 4.93. The molecular formula is C11H8BrFIN3O. The van der Waals surface area contributed by atoms with Crippen LogP contribution in [-0.2, 0) is 7.05 Å². The maximum atomic E-state index is 13.6. The van der Waals surface area contributed by atoms with Crippen molar-refractivity contribution in [2.24, 2.45) is 7.05 Å². The van der Waals surface area contributed by atoms with Crippen LogP contribution in [0.1, 0.15) is 10.5 Å². The third-order valence-electron chi connectivity index (χ3n) is 2.18. The molecule has 2 rings (SSSR count). The Morgan fingerprint density at radius 1 is 1.56 bits per heavy atom. The van der Waals surface area contributed by atoms with Gasteiger partial charge in [0, 0.05) is 17.7 Å². The van der Waals surface area contributed by atoms with E-state index in [0.717, 1.165) is 0 Å². The van der Waals surface area contributed by atoms with Gasteiger partial charge in [0.05, 0.1) is 9.26 Å². The minimum Gasteiger partial charge on any atom is -0.318 e. The van der Waals surface area contributed by atoms with E-state index < -0.39 is 11.7 Å². The summed E-state index contributed by atoms with van der Waals surface area (Å²) < 4.78 is 16.4. The Labute approximate surface area is 125 Å². The van der Waals surface area contributed by atoms with Crippen molar-refractivity contribution in [2.45, 2.75) is 0 Å². The predicted octanol–water partition coefficient (Wildman–Crippen LogP) is 3.18. The average molecular weight is 424 g/mol. The predicted molar refractivity (Wildman–Crippen MR) is 78.0 cm³/mol. The topological polar surface area (TPSA) is 46.9 Å². The summed E-state index contributed by atoms with van der Waals surface area (Å²) in [4.78, 5) is 11.9. The van der Waals surface area contributed by atoms with Gasteiger partial charge in [-0.15, -0.1) is 0 Å². The van der Waals surface area contributed by atoms with Crippen LogP contribution in [0.2, 0.25) is 0 Å². The van der Waals surface area contributed by atoms with E-state index in [1.165, 1.54) is 16.8 Å². The molecule has 1 heterocycles. The first kappa shape index (κ1) is 13.5. The fourth-order valence-corrected chi connectivity index (χ4v) is 2.47. The number of benzene rings is 1. The van der Waals surface area contributed by atoms with Gasteiger partial charge in [-0.25, -0.2) is 4.39 Å². The van der Waals surface area contributed by atoms with E-state index in [1.807, 2.05) is 22.6 Å². The summed E-state index contributed by atoms with van der Waals surface area (Å²) in [6.45, 7) is 0. The fourth-order valence-electron chi connectivity index (χ4n) is 1.39. The lowest BCUT2D eigenvalue weighted by atomic mass is 10.3. The largest absolute Gasteiger partial charge is 0.318 e. The normalized spacial score (nSPS) is 10.4. The molecule has 0 aliphatic carbocycles. The lowest BCUT2D eigenvalue weighted by molar-refractivity contribution is 0.102. The number of anilines is 1. The first-order valence-corrected chi connectivity index (χ1v) is 6.80. The van der Waals surface area contributed by atoms with E-state index in [-0.39, 0.29) is 11.4 Å². The molecule has 0 fully saturated rings. The van der Waals surface area contributed by atoms with Crippen LogP contribution in [0.15, 0.2) is 28.9 Å². The maximum Gasteiger partial charge on any atom is 0.277 e. The number of carbonyl (C=O) groups is 1. The Bertz CT molecular complexity index is 614. The van der Waals surface area contributed by atoms with Crippen molar-refractivity contribution in [1.82, 2.24) is 9.78 Å². The molecule has 1 N–H and O–H groups in total. The van der Waals surface area contributed by atoms with Gasteiger partial charge in [-0.05, 0) is 40.8 Å². The van der Waals surface area contributed by atoms with Crippen LogP contribution in [0.4, 0.5) is 10.1 Å². The summed E-state index contributed by atoms with van der Waals surface area (Å²) >= 11 is 5.16. The number of rotatable bonds is 2. The average Bonchev–Trinajstić information content (AvgIpc) is 2.62. The van der Waals surface area contributed by atoms with Gasteiger partial charge < -0.3 is 5.32 Å². The Balaban J connectivity index is 2.24. The summed E-state index contributed by atoms with van der Waals surface area (Å²) in [6.07, 6.45) is 1.72. The molecule has 2 aromatic rings. The zero-order valence-electron chi connectivity index (χ0n) is 9.25. The summed E-state index contributed by atoms with van der Waals surface area (Å²) in [5.74, 6) is -0.926. The van der Waals surface area contributed by atoms with Crippen LogP contribution in [-0.4, -0.2) is 15.7 Å². The second kappa shape index (κ2) is 5.35. The highest BCUT2D eigenvalue weighted by atomic mass is 127. The molecule has 1 aromatic heterocycles. The van der Waals surface area contributed by atoms with Crippen LogP contribution in [0, 0.1) is 9.39 Å². The van der Waals surface area contributed by atoms with E-state index in [0.29, 0.717) is 8.04 Å². The Kier molecular flexibility index (Phi) is 4.00. The van der Waals surface area contributed by atoms with Crippen molar-refractivity contribution in [1.29, 1.82) is 0 Å². The van der Waals surface area contributed by atoms with Gasteiger partial charge in [0.25, 0.3) is 5.91 Å². The first-order chi connectivity index (χ1) is 8.47. The number of carbonyl (C=O) groups excluding carboxylic acids is 1. The number of nitrogens with zero attached hydrogens (tertiary/aromatic N) is 2. The second-order valence-corrected chi connectivity index (χ2v) is 5.66. The number of hydrogen-bond donors (Lipinski definition) is 1. The van der Waals surface area contributed by atoms with Gasteiger partial charge in [0.1, 0.15) is 5.82 Å². The molecule has 94 valence electrons. The lowest BCUT2D eigenvalue weighted by Gasteiger charge is -2.05. The minimum absolute atomic E-state index is 0.129. The van der Waals surface area contributed by atoms with Crippen LogP contribution >= 0.6 is 38.5 Å². The highest BCUT2D eigenvalue weighted by Crippen LogP contribution is 2.20. The zero-order valence-corrected chi connectivity index (χ0v) is 13.0. The third kappa shape index (κ3) is 2.89. The zero-order chi connectivity index (χ0) is 13.3. The molecule has 0 aliphatic rings. The van der Waals surface area contributed by atoms with Crippen LogP contribution in [0.25, 0.3) is 0 Å². The Morgan fingerprint density at radius 3 is 2.83 bits per heavy atom. The van der Waals surface area contributed by atoms with E-state index >= 15 is 0 Å². The quantitative estimate of drug-likeness (QED) is 0.754. The molecule has 1 amide bonds. The smallest absolute Gasteiger partial charge is 0.277 e. The SMILES string of the molecule is Cn1cc(I)c(C(=O)Nc2ccc(Br)cc2F)n1. The molecule has 0 aliphatic heterocycles. The number of nitrogens with one attached hydrogen (secondary N) is 1. The van der Waals surface area contributed by atoms with Gasteiger partial charge in [-0.3, -0.25) is 9.48 Å². The van der Waals surface area contributed by atoms with E-state index in [9.17, 15) is 9.18 Å². The van der Waals surface area contributed by atoms with Gasteiger partial charge in [0.15, 0.2) is 5.69 Å². The highest BCUT2D eigenvalue weighted by molar-refractivity contribution is 14.1. The van der Waals surface area contributed by atoms with Gasteiger partial charge >= 0.3 is 0 Å². The fraction of sp³-hybridized carbons (Fsp3) is 0.0909. The Hall–Kier alpha value is -0.960. The number of halogens is 3. The van der Waals surface area contributed by atoms with E-state index in [4.69, 9.17) is 0 Å². The third-order valence-corrected chi connectivity index (χ3v) is 3.46. The molecular weight excluding hydrogens is 416 g/mol. The number of hydrogen-bond acceptors (Lipinski definition) is 2. The summed E-state index contributed by atoms with van der Waals surface area (Å²) in [5.41, 5.74) is 0.407. The standard InChI is InChI=1S/C11H8BrFIN3O/c1-17-5-8(14)10(16-17)11(18)15-9-3-2-6(12)4-7(9)13/h2-5H,1H3,(H,15,18). The summed E-state index contributed by atoms with van der Waals surface area (Å²) in [5, 5.41) is 6.51. The molecule has 7 heteroatoms. The van der Waals surface area contributed by atoms with Crippen molar-refractivity contribution < 1.29 is 9.18 Å². The van der Waals surface area contributed by atoms with Crippen molar-refractivity contribution in [3.63, 3.8) is 0 Å². The van der Waals surface area contributed by atoms with Crippen molar-refractivity contribution in [3.05, 3.63) is 43.9 Å². The van der Waals surface area contributed by atoms with Crippen LogP contribution in [0.5, 0.6) is 0 Å². The Morgan fingerprint density at radius 2 is 2.28 bits per heavy atom. The van der Waals surface area contributed by atoms with Crippen LogP contribution in [0.3, 0.4) is 0 Å². The van der Waals surface area contributed by atoms with Crippen molar-refractivity contribution in [2.75, 3.05) is 5.32 Å². The minimum atomic E-state index is -0.497. The van der Waals surface area contributed by atoms with Crippen LogP contribution < -0.4 is 5.32 Å². The van der Waals surface area contributed by atoms with Crippen molar-refractivity contribution in [3.8, 4) is 0 Å². The number of amides is 1. The van der Waals surface area contributed by atoms with Gasteiger partial charge in [-0.2, -0.15) is 5.10 Å². The molecule has 1 aromatic carbocycles. The lowest BCUT2D eigenvalue weighted by Crippen LogP contribution is -2.15. The summed E-state index contributed by atoms with van der Waals surface area (Å²) in [7, 11) is 1.72. The second-order valence-electron chi connectivity index (χ2n) is 3.58. The van der Waals surface area contributed by atoms with Crippen molar-refractivity contribution >= 4 is 50.1 Å². The maximum absolute atomic E-state index is 13.6. The molecule has 0 saturated heterocycles. The summed E-state index contributed by atoms with van der Waals surface area (Å²) in [6, 6.07) is 4.44. The highest BCUT2D eigenvalue weighted by Gasteiger charge is 2.15. The molecule has 0 atom stereocenters. The number of aromatic nitrogens is 2. The molecule has 0 spiro atoms. The van der Waals surface area contributed by atoms with E-state index in [2.05, 4.69) is 26.3 Å². The number of aryl methyl sites for hydroxylation is 1. The molecule has 4 nitrogen and oxygen atoms in total. The van der Waals surface area contributed by atoms with Gasteiger partial charge in [-0.1, -0.05) is 15.9 Å².